The monoisotopic (exact) mass is 269 g/mol. The molecule has 0 bridgehead atoms. The molecule has 1 saturated carbocycles. The van der Waals surface area contributed by atoms with Crippen LogP contribution in [0.15, 0.2) is 0 Å². The van der Waals surface area contributed by atoms with Crippen LogP contribution in [0.1, 0.15) is 33.1 Å². The predicted molar refractivity (Wildman–Crippen MR) is 76.4 cm³/mol. The Bertz CT molecular complexity index is 348. The van der Waals surface area contributed by atoms with Gasteiger partial charge in [0.1, 0.15) is 0 Å². The zero-order chi connectivity index (χ0) is 13.3. The molecule has 0 radical (unpaired) electrons. The Labute approximate surface area is 114 Å². The van der Waals surface area contributed by atoms with E-state index in [0.29, 0.717) is 11.4 Å². The molecular weight excluding hydrogens is 246 g/mol. The fraction of sp³-hybridized carbons (Fsp3) is 0.846. The zero-order valence-electron chi connectivity index (χ0n) is 11.3. The normalized spacial score (nSPS) is 24.7. The van der Waals surface area contributed by atoms with Crippen LogP contribution in [0, 0.1) is 5.41 Å². The quantitative estimate of drug-likeness (QED) is 0.774. The summed E-state index contributed by atoms with van der Waals surface area (Å²) in [4.78, 5) is 17.3. The maximum absolute atomic E-state index is 12.5. The van der Waals surface area contributed by atoms with Crippen LogP contribution >= 0.6 is 12.2 Å². The molecule has 4 nitrogen and oxygen atoms in total. The number of piperazine rings is 1. The summed E-state index contributed by atoms with van der Waals surface area (Å²) >= 11 is 5.07. The number of nitrogens with zero attached hydrogens (tertiary/aromatic N) is 2. The van der Waals surface area contributed by atoms with Gasteiger partial charge in [0.25, 0.3) is 0 Å². The van der Waals surface area contributed by atoms with Crippen molar-refractivity contribution in [2.45, 2.75) is 39.2 Å². The van der Waals surface area contributed by atoms with Crippen molar-refractivity contribution in [3.63, 3.8) is 0 Å². The van der Waals surface area contributed by atoms with Crippen molar-refractivity contribution in [2.75, 3.05) is 26.2 Å². The fourth-order valence-electron chi connectivity index (χ4n) is 2.51. The summed E-state index contributed by atoms with van der Waals surface area (Å²) < 4.78 is 0. The van der Waals surface area contributed by atoms with Gasteiger partial charge in [-0.3, -0.25) is 9.69 Å². The number of nitrogens with two attached hydrogens (primary N) is 1. The highest BCUT2D eigenvalue weighted by Gasteiger charge is 2.40. The molecule has 1 aliphatic heterocycles. The van der Waals surface area contributed by atoms with E-state index in [2.05, 4.69) is 4.90 Å². The second-order valence-corrected chi connectivity index (χ2v) is 6.05. The molecule has 2 N–H and O–H groups in total. The van der Waals surface area contributed by atoms with Crippen LogP contribution in [0.25, 0.3) is 0 Å². The van der Waals surface area contributed by atoms with Gasteiger partial charge in [0.05, 0.1) is 10.4 Å². The Balaban J connectivity index is 1.95. The standard InChI is InChI=1S/C13H23N3OS/c1-3-13(2,11(14)18)12(17)16-8-6-15(7-9-16)10-4-5-10/h10H,3-9H2,1-2H3,(H2,14,18). The van der Waals surface area contributed by atoms with Gasteiger partial charge in [-0.15, -0.1) is 0 Å². The van der Waals surface area contributed by atoms with Crippen molar-refractivity contribution >= 4 is 23.1 Å². The number of carbonyl (C=O) groups is 1. The largest absolute Gasteiger partial charge is 0.392 e. The third kappa shape index (κ3) is 2.52. The van der Waals surface area contributed by atoms with Gasteiger partial charge < -0.3 is 10.6 Å². The van der Waals surface area contributed by atoms with E-state index in [4.69, 9.17) is 18.0 Å². The fourth-order valence-corrected chi connectivity index (χ4v) is 2.74. The van der Waals surface area contributed by atoms with Gasteiger partial charge >= 0.3 is 0 Å². The first-order chi connectivity index (χ1) is 8.49. The van der Waals surface area contributed by atoms with E-state index in [1.54, 1.807) is 0 Å². The van der Waals surface area contributed by atoms with Crippen LogP contribution < -0.4 is 5.73 Å². The predicted octanol–water partition coefficient (Wildman–Crippen LogP) is 0.995. The molecular formula is C13H23N3OS. The molecule has 1 atom stereocenters. The van der Waals surface area contributed by atoms with E-state index < -0.39 is 5.41 Å². The summed E-state index contributed by atoms with van der Waals surface area (Å²) in [7, 11) is 0. The summed E-state index contributed by atoms with van der Waals surface area (Å²) in [5.41, 5.74) is 5.08. The van der Waals surface area contributed by atoms with Gasteiger partial charge in [-0.2, -0.15) is 0 Å². The minimum atomic E-state index is -0.670. The lowest BCUT2D eigenvalue weighted by atomic mass is 9.85. The number of hydrogen-bond acceptors (Lipinski definition) is 3. The number of thiocarbonyl (C=S) groups is 1. The van der Waals surface area contributed by atoms with Crippen molar-refractivity contribution in [2.24, 2.45) is 11.1 Å². The summed E-state index contributed by atoms with van der Waals surface area (Å²) in [5.74, 6) is 0.105. The molecule has 2 aliphatic rings. The number of rotatable bonds is 4. The van der Waals surface area contributed by atoms with Gasteiger partial charge in [-0.25, -0.2) is 0 Å². The lowest BCUT2D eigenvalue weighted by Crippen LogP contribution is -2.55. The second-order valence-electron chi connectivity index (χ2n) is 5.61. The van der Waals surface area contributed by atoms with Gasteiger partial charge in [-0.05, 0) is 26.2 Å². The lowest BCUT2D eigenvalue weighted by molar-refractivity contribution is -0.139. The molecule has 2 fully saturated rings. The molecule has 1 saturated heterocycles. The van der Waals surface area contributed by atoms with Crippen molar-refractivity contribution in [1.29, 1.82) is 0 Å². The molecule has 2 rings (SSSR count). The summed E-state index contributed by atoms with van der Waals surface area (Å²) in [6.45, 7) is 7.45. The maximum atomic E-state index is 12.5. The molecule has 5 heteroatoms. The van der Waals surface area contributed by atoms with Crippen LogP contribution in [-0.4, -0.2) is 52.9 Å². The van der Waals surface area contributed by atoms with E-state index in [0.717, 1.165) is 32.2 Å². The smallest absolute Gasteiger partial charge is 0.235 e. The first kappa shape index (κ1) is 13.7. The van der Waals surface area contributed by atoms with E-state index >= 15 is 0 Å². The van der Waals surface area contributed by atoms with E-state index in [1.165, 1.54) is 12.8 Å². The van der Waals surface area contributed by atoms with Crippen LogP contribution in [0.2, 0.25) is 0 Å². The molecule has 18 heavy (non-hydrogen) atoms. The van der Waals surface area contributed by atoms with Crippen LogP contribution in [-0.2, 0) is 4.79 Å². The molecule has 1 heterocycles. The molecule has 0 aromatic heterocycles. The summed E-state index contributed by atoms with van der Waals surface area (Å²) in [6, 6.07) is 0.787. The third-order valence-corrected chi connectivity index (χ3v) is 4.84. The molecule has 102 valence electrons. The average Bonchev–Trinajstić information content (AvgIpc) is 3.21. The first-order valence-electron chi connectivity index (χ1n) is 6.82. The Morgan fingerprint density at radius 1 is 1.33 bits per heavy atom. The minimum Gasteiger partial charge on any atom is -0.392 e. The van der Waals surface area contributed by atoms with Gasteiger partial charge in [0.15, 0.2) is 0 Å². The highest BCUT2D eigenvalue weighted by atomic mass is 32.1. The van der Waals surface area contributed by atoms with Crippen molar-refractivity contribution in [1.82, 2.24) is 9.80 Å². The van der Waals surface area contributed by atoms with Crippen molar-refractivity contribution < 1.29 is 4.79 Å². The van der Waals surface area contributed by atoms with Crippen LogP contribution in [0.5, 0.6) is 0 Å². The Morgan fingerprint density at radius 3 is 2.28 bits per heavy atom. The van der Waals surface area contributed by atoms with Gasteiger partial charge in [0, 0.05) is 32.2 Å². The highest BCUT2D eigenvalue weighted by Crippen LogP contribution is 2.29. The van der Waals surface area contributed by atoms with E-state index in [1.807, 2.05) is 18.7 Å². The highest BCUT2D eigenvalue weighted by molar-refractivity contribution is 7.80. The topological polar surface area (TPSA) is 49.6 Å². The lowest BCUT2D eigenvalue weighted by Gasteiger charge is -2.39. The van der Waals surface area contributed by atoms with Crippen molar-refractivity contribution in [3.05, 3.63) is 0 Å². The molecule has 0 aromatic carbocycles. The SMILES string of the molecule is CCC(C)(C(=O)N1CCN(C2CC2)CC1)C(N)=S. The molecule has 1 amide bonds. The molecule has 0 aromatic rings. The van der Waals surface area contributed by atoms with E-state index in [9.17, 15) is 4.79 Å². The number of amides is 1. The average molecular weight is 269 g/mol. The number of carbonyl (C=O) groups excluding carboxylic acids is 1. The van der Waals surface area contributed by atoms with Crippen molar-refractivity contribution in [3.8, 4) is 0 Å². The molecule has 0 spiro atoms. The Kier molecular flexibility index (Phi) is 3.92. The molecule has 1 aliphatic carbocycles. The second kappa shape index (κ2) is 5.13. The van der Waals surface area contributed by atoms with Crippen LogP contribution in [0.3, 0.4) is 0 Å². The summed E-state index contributed by atoms with van der Waals surface area (Å²) in [5, 5.41) is 0. The summed E-state index contributed by atoms with van der Waals surface area (Å²) in [6.07, 6.45) is 3.32. The van der Waals surface area contributed by atoms with Gasteiger partial charge in [-0.1, -0.05) is 19.1 Å². The molecule has 1 unspecified atom stereocenters. The Morgan fingerprint density at radius 2 is 1.89 bits per heavy atom. The third-order valence-electron chi connectivity index (χ3n) is 4.39. The van der Waals surface area contributed by atoms with Crippen LogP contribution in [0.4, 0.5) is 0 Å². The van der Waals surface area contributed by atoms with E-state index in [-0.39, 0.29) is 5.91 Å². The zero-order valence-corrected chi connectivity index (χ0v) is 12.1. The number of hydrogen-bond donors (Lipinski definition) is 1. The maximum Gasteiger partial charge on any atom is 0.235 e. The first-order valence-corrected chi connectivity index (χ1v) is 7.23. The van der Waals surface area contributed by atoms with Gasteiger partial charge in [0.2, 0.25) is 5.91 Å². The minimum absolute atomic E-state index is 0.105. The Hall–Kier alpha value is -0.680.